The topological polar surface area (TPSA) is 60.1 Å². The molecule has 7 heteroatoms. The molecule has 0 aromatic carbocycles. The molecule has 0 bridgehead atoms. The minimum absolute atomic E-state index is 0.00638. The molecule has 1 saturated heterocycles. The van der Waals surface area contributed by atoms with Crippen molar-refractivity contribution in [3.8, 4) is 0 Å². The predicted octanol–water partition coefficient (Wildman–Crippen LogP) is 3.14. The van der Waals surface area contributed by atoms with Gasteiger partial charge in [0.1, 0.15) is 12.1 Å². The molecule has 1 aliphatic heterocycles. The van der Waals surface area contributed by atoms with Crippen molar-refractivity contribution in [3.63, 3.8) is 0 Å². The molecule has 0 atom stereocenters. The number of carbonyl (C=O) groups excluding carboxylic acids is 1. The van der Waals surface area contributed by atoms with Crippen molar-refractivity contribution in [3.05, 3.63) is 27.5 Å². The summed E-state index contributed by atoms with van der Waals surface area (Å²) in [5, 5.41) is 5.21. The Morgan fingerprint density at radius 1 is 1.23 bits per heavy atom. The van der Waals surface area contributed by atoms with Crippen LogP contribution in [-0.2, 0) is 17.9 Å². The quantitative estimate of drug-likeness (QED) is 0.710. The summed E-state index contributed by atoms with van der Waals surface area (Å²) >= 11 is 1.69. The number of fused-ring (bicyclic) bond motifs is 3. The second-order valence-corrected chi connectivity index (χ2v) is 8.24. The van der Waals surface area contributed by atoms with E-state index in [0.717, 1.165) is 48.1 Å². The second kappa shape index (κ2) is 6.87. The average molecular weight is 372 g/mol. The standard InChI is InChI=1S/C19H24N4O2S/c1-3-22-15-10-13(2)26-18(15)14-11-20-23(19(25)17(14)22)12-16(24)21-8-6-4-5-7-9-21/h10-11H,3-9,12H2,1-2H3. The van der Waals surface area contributed by atoms with Gasteiger partial charge >= 0.3 is 0 Å². The predicted molar refractivity (Wildman–Crippen MR) is 105 cm³/mol. The van der Waals surface area contributed by atoms with Gasteiger partial charge in [0.2, 0.25) is 5.91 Å². The molecule has 0 aliphatic carbocycles. The van der Waals surface area contributed by atoms with E-state index in [-0.39, 0.29) is 18.0 Å². The van der Waals surface area contributed by atoms with Gasteiger partial charge in [-0.15, -0.1) is 11.3 Å². The number of aromatic nitrogens is 3. The van der Waals surface area contributed by atoms with Crippen LogP contribution in [0, 0.1) is 6.92 Å². The van der Waals surface area contributed by atoms with E-state index in [0.29, 0.717) is 5.52 Å². The van der Waals surface area contributed by atoms with Gasteiger partial charge in [0.15, 0.2) is 0 Å². The first-order valence-electron chi connectivity index (χ1n) is 9.36. The van der Waals surface area contributed by atoms with Crippen molar-refractivity contribution < 1.29 is 4.79 Å². The van der Waals surface area contributed by atoms with Crippen LogP contribution in [0.2, 0.25) is 0 Å². The number of amides is 1. The van der Waals surface area contributed by atoms with Gasteiger partial charge in [-0.25, -0.2) is 4.68 Å². The summed E-state index contributed by atoms with van der Waals surface area (Å²) in [6.45, 7) is 6.43. The average Bonchev–Trinajstić information content (AvgIpc) is 2.99. The van der Waals surface area contributed by atoms with Crippen molar-refractivity contribution in [1.29, 1.82) is 0 Å². The minimum atomic E-state index is -0.173. The van der Waals surface area contributed by atoms with Gasteiger partial charge in [-0.3, -0.25) is 9.59 Å². The molecule has 138 valence electrons. The highest BCUT2D eigenvalue weighted by molar-refractivity contribution is 7.20. The molecule has 26 heavy (non-hydrogen) atoms. The summed E-state index contributed by atoms with van der Waals surface area (Å²) in [4.78, 5) is 28.8. The van der Waals surface area contributed by atoms with Crippen molar-refractivity contribution in [2.24, 2.45) is 0 Å². The normalized spacial score (nSPS) is 15.7. The monoisotopic (exact) mass is 372 g/mol. The first-order chi connectivity index (χ1) is 12.6. The number of hydrogen-bond donors (Lipinski definition) is 0. The zero-order chi connectivity index (χ0) is 18.3. The van der Waals surface area contributed by atoms with Crippen LogP contribution >= 0.6 is 11.3 Å². The maximum atomic E-state index is 13.1. The van der Waals surface area contributed by atoms with E-state index in [1.807, 2.05) is 16.4 Å². The molecule has 1 fully saturated rings. The second-order valence-electron chi connectivity index (χ2n) is 6.98. The van der Waals surface area contributed by atoms with Crippen molar-refractivity contribution in [2.75, 3.05) is 13.1 Å². The number of carbonyl (C=O) groups is 1. The Balaban J connectivity index is 1.73. The number of aryl methyl sites for hydroxylation is 2. The lowest BCUT2D eigenvalue weighted by atomic mass is 10.2. The van der Waals surface area contributed by atoms with Gasteiger partial charge in [-0.05, 0) is 32.8 Å². The van der Waals surface area contributed by atoms with Crippen LogP contribution in [0.3, 0.4) is 0 Å². The van der Waals surface area contributed by atoms with Crippen LogP contribution in [0.4, 0.5) is 0 Å². The lowest BCUT2D eigenvalue weighted by Gasteiger charge is -2.20. The van der Waals surface area contributed by atoms with E-state index in [1.54, 1.807) is 17.5 Å². The number of rotatable bonds is 3. The molecule has 1 aliphatic rings. The van der Waals surface area contributed by atoms with E-state index in [1.165, 1.54) is 22.4 Å². The van der Waals surface area contributed by atoms with Crippen LogP contribution in [0.1, 0.15) is 37.5 Å². The van der Waals surface area contributed by atoms with Gasteiger partial charge in [0.05, 0.1) is 16.4 Å². The molecule has 6 nitrogen and oxygen atoms in total. The first-order valence-corrected chi connectivity index (χ1v) is 10.2. The van der Waals surface area contributed by atoms with Gasteiger partial charge in [-0.2, -0.15) is 5.10 Å². The fourth-order valence-corrected chi connectivity index (χ4v) is 4.94. The number of thiophene rings is 1. The van der Waals surface area contributed by atoms with E-state index in [9.17, 15) is 9.59 Å². The maximum Gasteiger partial charge on any atom is 0.291 e. The third-order valence-corrected chi connectivity index (χ3v) is 6.29. The highest BCUT2D eigenvalue weighted by Crippen LogP contribution is 2.33. The van der Waals surface area contributed by atoms with Crippen LogP contribution in [0.5, 0.6) is 0 Å². The lowest BCUT2D eigenvalue weighted by molar-refractivity contribution is -0.132. The SMILES string of the molecule is CCn1c2cc(C)sc2c2cnn(CC(=O)N3CCCCCC3)c(=O)c21. The van der Waals surface area contributed by atoms with Crippen molar-refractivity contribution >= 4 is 38.4 Å². The maximum absolute atomic E-state index is 13.1. The Morgan fingerprint density at radius 2 is 1.96 bits per heavy atom. The number of nitrogens with zero attached hydrogens (tertiary/aromatic N) is 4. The minimum Gasteiger partial charge on any atom is -0.341 e. The number of hydrogen-bond acceptors (Lipinski definition) is 4. The fraction of sp³-hybridized carbons (Fsp3) is 0.526. The lowest BCUT2D eigenvalue weighted by Crippen LogP contribution is -2.38. The molecule has 0 N–H and O–H groups in total. The third kappa shape index (κ3) is 2.84. The summed E-state index contributed by atoms with van der Waals surface area (Å²) in [5.41, 5.74) is 1.57. The number of likely N-dealkylation sites (tertiary alicyclic amines) is 1. The zero-order valence-corrected chi connectivity index (χ0v) is 16.1. The van der Waals surface area contributed by atoms with Crippen molar-refractivity contribution in [2.45, 2.75) is 52.6 Å². The van der Waals surface area contributed by atoms with Crippen LogP contribution in [-0.4, -0.2) is 38.2 Å². The summed E-state index contributed by atoms with van der Waals surface area (Å²) in [6.07, 6.45) is 6.18. The summed E-state index contributed by atoms with van der Waals surface area (Å²) in [5.74, 6) is -0.00638. The molecule has 0 saturated carbocycles. The Bertz CT molecular complexity index is 1020. The van der Waals surface area contributed by atoms with E-state index in [2.05, 4.69) is 18.1 Å². The van der Waals surface area contributed by atoms with Gasteiger partial charge in [0.25, 0.3) is 5.56 Å². The van der Waals surface area contributed by atoms with E-state index < -0.39 is 0 Å². The van der Waals surface area contributed by atoms with Crippen LogP contribution < -0.4 is 5.56 Å². The molecule has 4 heterocycles. The van der Waals surface area contributed by atoms with E-state index in [4.69, 9.17) is 0 Å². The van der Waals surface area contributed by atoms with Gasteiger partial charge in [0, 0.05) is 29.9 Å². The third-order valence-electron chi connectivity index (χ3n) is 5.22. The molecule has 0 radical (unpaired) electrons. The van der Waals surface area contributed by atoms with Crippen molar-refractivity contribution in [1.82, 2.24) is 19.2 Å². The molecule has 0 spiro atoms. The summed E-state index contributed by atoms with van der Waals surface area (Å²) in [6, 6.07) is 2.12. The molecule has 4 rings (SSSR count). The molecule has 3 aromatic rings. The first kappa shape index (κ1) is 17.3. The highest BCUT2D eigenvalue weighted by atomic mass is 32.1. The summed E-state index contributed by atoms with van der Waals surface area (Å²) < 4.78 is 4.48. The molecular weight excluding hydrogens is 348 g/mol. The highest BCUT2D eigenvalue weighted by Gasteiger charge is 2.20. The fourth-order valence-electron chi connectivity index (χ4n) is 3.91. The zero-order valence-electron chi connectivity index (χ0n) is 15.3. The van der Waals surface area contributed by atoms with Crippen LogP contribution in [0.25, 0.3) is 21.1 Å². The molecular formula is C19H24N4O2S. The van der Waals surface area contributed by atoms with Crippen LogP contribution in [0.15, 0.2) is 17.1 Å². The molecule has 1 amide bonds. The Labute approximate surface area is 156 Å². The van der Waals surface area contributed by atoms with Gasteiger partial charge < -0.3 is 9.47 Å². The largest absolute Gasteiger partial charge is 0.341 e. The Kier molecular flexibility index (Phi) is 4.56. The Hall–Kier alpha value is -2.15. The summed E-state index contributed by atoms with van der Waals surface area (Å²) in [7, 11) is 0. The smallest absolute Gasteiger partial charge is 0.291 e. The van der Waals surface area contributed by atoms with Gasteiger partial charge in [-0.1, -0.05) is 12.8 Å². The van der Waals surface area contributed by atoms with E-state index >= 15 is 0 Å². The molecule has 3 aromatic heterocycles. The Morgan fingerprint density at radius 3 is 2.65 bits per heavy atom. The molecule has 0 unspecified atom stereocenters.